The van der Waals surface area contributed by atoms with Gasteiger partial charge in [0, 0.05) is 25.8 Å². The number of fused-ring (bicyclic) bond motifs is 2. The van der Waals surface area contributed by atoms with Crippen molar-refractivity contribution in [2.45, 2.75) is 32.0 Å². The van der Waals surface area contributed by atoms with E-state index in [9.17, 15) is 4.79 Å². The van der Waals surface area contributed by atoms with Crippen molar-refractivity contribution in [3.05, 3.63) is 29.3 Å². The van der Waals surface area contributed by atoms with Crippen LogP contribution in [-0.2, 0) is 4.74 Å². The van der Waals surface area contributed by atoms with Crippen LogP contribution in [0.25, 0.3) is 0 Å². The fourth-order valence-corrected chi connectivity index (χ4v) is 3.00. The molecule has 2 unspecified atom stereocenters. The first kappa shape index (κ1) is 12.5. The summed E-state index contributed by atoms with van der Waals surface area (Å²) in [5, 5.41) is 3.10. The number of anilines is 1. The van der Waals surface area contributed by atoms with E-state index in [1.165, 1.54) is 0 Å². The molecule has 2 saturated heterocycles. The van der Waals surface area contributed by atoms with Gasteiger partial charge >= 0.3 is 0 Å². The van der Waals surface area contributed by atoms with Crippen molar-refractivity contribution < 1.29 is 9.53 Å². The minimum atomic E-state index is 0.119. The van der Waals surface area contributed by atoms with Crippen molar-refractivity contribution in [3.8, 4) is 0 Å². The second-order valence-electron chi connectivity index (χ2n) is 5.47. The number of nitrogens with one attached hydrogen (secondary N) is 1. The zero-order chi connectivity index (χ0) is 13.4. The molecule has 1 aromatic carbocycles. The van der Waals surface area contributed by atoms with Crippen LogP contribution >= 0.6 is 0 Å². The zero-order valence-corrected chi connectivity index (χ0v) is 11.5. The van der Waals surface area contributed by atoms with Crippen LogP contribution in [0, 0.1) is 6.92 Å². The van der Waals surface area contributed by atoms with Gasteiger partial charge in [0.2, 0.25) is 0 Å². The molecule has 2 atom stereocenters. The largest absolute Gasteiger partial charge is 0.387 e. The van der Waals surface area contributed by atoms with E-state index >= 15 is 0 Å². The van der Waals surface area contributed by atoms with E-state index in [0.717, 1.165) is 42.7 Å². The quantitative estimate of drug-likeness (QED) is 0.884. The van der Waals surface area contributed by atoms with E-state index in [1.54, 1.807) is 0 Å². The molecule has 4 heteroatoms. The number of likely N-dealkylation sites (tertiary alicyclic amines) is 1. The first-order chi connectivity index (χ1) is 9.17. The predicted octanol–water partition coefficient (Wildman–Crippen LogP) is 2.04. The Labute approximate surface area is 113 Å². The molecule has 1 aromatic rings. The highest BCUT2D eigenvalue weighted by Gasteiger charge is 2.36. The van der Waals surface area contributed by atoms with E-state index in [-0.39, 0.29) is 18.1 Å². The summed E-state index contributed by atoms with van der Waals surface area (Å²) in [5.41, 5.74) is 2.77. The average Bonchev–Trinajstić information content (AvgIpc) is 2.76. The third-order valence-electron chi connectivity index (χ3n) is 4.01. The van der Waals surface area contributed by atoms with Crippen molar-refractivity contribution in [1.29, 1.82) is 0 Å². The molecule has 4 nitrogen and oxygen atoms in total. The third kappa shape index (κ3) is 2.32. The van der Waals surface area contributed by atoms with Crippen LogP contribution in [0.1, 0.15) is 28.8 Å². The Morgan fingerprint density at radius 2 is 2.00 bits per heavy atom. The van der Waals surface area contributed by atoms with Gasteiger partial charge in [-0.1, -0.05) is 11.6 Å². The van der Waals surface area contributed by atoms with Gasteiger partial charge in [-0.2, -0.15) is 0 Å². The standard InChI is InChI=1S/C15H20N2O2/c1-10-3-6-14(16-2)13(7-10)15(18)17-8-11-4-5-12(9-17)19-11/h3,6-7,11-12,16H,4-5,8-9H2,1-2H3. The first-order valence-electron chi connectivity index (χ1n) is 6.90. The topological polar surface area (TPSA) is 41.6 Å². The fraction of sp³-hybridized carbons (Fsp3) is 0.533. The second-order valence-corrected chi connectivity index (χ2v) is 5.47. The number of benzene rings is 1. The number of aryl methyl sites for hydroxylation is 1. The number of hydrogen-bond donors (Lipinski definition) is 1. The van der Waals surface area contributed by atoms with Gasteiger partial charge < -0.3 is 15.0 Å². The summed E-state index contributed by atoms with van der Waals surface area (Å²) >= 11 is 0. The summed E-state index contributed by atoms with van der Waals surface area (Å²) < 4.78 is 5.78. The molecule has 0 saturated carbocycles. The number of amides is 1. The smallest absolute Gasteiger partial charge is 0.256 e. The second kappa shape index (κ2) is 4.85. The van der Waals surface area contributed by atoms with Crippen LogP contribution in [-0.4, -0.2) is 43.2 Å². The Kier molecular flexibility index (Phi) is 3.19. The van der Waals surface area contributed by atoms with Gasteiger partial charge in [0.25, 0.3) is 5.91 Å². The van der Waals surface area contributed by atoms with Crippen LogP contribution in [0.5, 0.6) is 0 Å². The van der Waals surface area contributed by atoms with E-state index in [4.69, 9.17) is 4.74 Å². The Morgan fingerprint density at radius 3 is 2.63 bits per heavy atom. The van der Waals surface area contributed by atoms with Crippen molar-refractivity contribution in [2.24, 2.45) is 0 Å². The lowest BCUT2D eigenvalue weighted by atomic mass is 10.1. The van der Waals surface area contributed by atoms with E-state index < -0.39 is 0 Å². The molecular weight excluding hydrogens is 240 g/mol. The number of carbonyl (C=O) groups is 1. The Balaban J connectivity index is 1.85. The third-order valence-corrected chi connectivity index (χ3v) is 4.01. The van der Waals surface area contributed by atoms with Crippen LogP contribution in [0.3, 0.4) is 0 Å². The van der Waals surface area contributed by atoms with Crippen molar-refractivity contribution in [2.75, 3.05) is 25.5 Å². The van der Waals surface area contributed by atoms with E-state index in [2.05, 4.69) is 5.32 Å². The molecule has 2 fully saturated rings. The summed E-state index contributed by atoms with van der Waals surface area (Å²) in [5.74, 6) is 0.119. The van der Waals surface area contributed by atoms with Gasteiger partial charge in [-0.25, -0.2) is 0 Å². The van der Waals surface area contributed by atoms with Gasteiger partial charge in [0.15, 0.2) is 0 Å². The predicted molar refractivity (Wildman–Crippen MR) is 74.5 cm³/mol. The number of morpholine rings is 1. The minimum Gasteiger partial charge on any atom is -0.387 e. The summed E-state index contributed by atoms with van der Waals surface area (Å²) in [4.78, 5) is 14.6. The van der Waals surface area contributed by atoms with Gasteiger partial charge in [-0.15, -0.1) is 0 Å². The molecule has 3 rings (SSSR count). The van der Waals surface area contributed by atoms with E-state index in [1.807, 2.05) is 37.1 Å². The molecule has 0 aromatic heterocycles. The fourth-order valence-electron chi connectivity index (χ4n) is 3.00. The minimum absolute atomic E-state index is 0.119. The van der Waals surface area contributed by atoms with Crippen LogP contribution < -0.4 is 5.32 Å². The Bertz CT molecular complexity index is 489. The number of ether oxygens (including phenoxy) is 1. The van der Waals surface area contributed by atoms with Crippen LogP contribution in [0.4, 0.5) is 5.69 Å². The number of hydrogen-bond acceptors (Lipinski definition) is 3. The molecule has 2 heterocycles. The molecule has 1 amide bonds. The highest BCUT2D eigenvalue weighted by molar-refractivity contribution is 6.00. The maximum atomic E-state index is 12.7. The van der Waals surface area contributed by atoms with Gasteiger partial charge in [0.1, 0.15) is 0 Å². The number of nitrogens with zero attached hydrogens (tertiary/aromatic N) is 1. The van der Waals surface area contributed by atoms with Crippen molar-refractivity contribution >= 4 is 11.6 Å². The summed E-state index contributed by atoms with van der Waals surface area (Å²) in [7, 11) is 1.85. The molecule has 2 aliphatic heterocycles. The highest BCUT2D eigenvalue weighted by Crippen LogP contribution is 2.28. The van der Waals surface area contributed by atoms with Crippen LogP contribution in [0.2, 0.25) is 0 Å². The molecule has 1 N–H and O–H groups in total. The Morgan fingerprint density at radius 1 is 1.32 bits per heavy atom. The normalized spacial score (nSPS) is 25.5. The SMILES string of the molecule is CNc1ccc(C)cc1C(=O)N1CC2CCC(C1)O2. The van der Waals surface area contributed by atoms with Gasteiger partial charge in [-0.05, 0) is 31.9 Å². The summed E-state index contributed by atoms with van der Waals surface area (Å²) in [6.07, 6.45) is 2.65. The van der Waals surface area contributed by atoms with Crippen molar-refractivity contribution in [3.63, 3.8) is 0 Å². The van der Waals surface area contributed by atoms with Crippen LogP contribution in [0.15, 0.2) is 18.2 Å². The lowest BCUT2D eigenvalue weighted by Gasteiger charge is -2.32. The Hall–Kier alpha value is -1.55. The molecule has 0 aliphatic carbocycles. The molecule has 2 aliphatic rings. The zero-order valence-electron chi connectivity index (χ0n) is 11.5. The lowest BCUT2D eigenvalue weighted by Crippen LogP contribution is -2.45. The lowest BCUT2D eigenvalue weighted by molar-refractivity contribution is -0.0303. The van der Waals surface area contributed by atoms with Crippen molar-refractivity contribution in [1.82, 2.24) is 4.90 Å². The first-order valence-corrected chi connectivity index (χ1v) is 6.90. The molecule has 19 heavy (non-hydrogen) atoms. The number of rotatable bonds is 2. The summed E-state index contributed by atoms with van der Waals surface area (Å²) in [6.45, 7) is 3.47. The van der Waals surface area contributed by atoms with E-state index in [0.29, 0.717) is 0 Å². The van der Waals surface area contributed by atoms with Gasteiger partial charge in [0.05, 0.1) is 17.8 Å². The molecule has 0 spiro atoms. The number of carbonyl (C=O) groups excluding carboxylic acids is 1. The highest BCUT2D eigenvalue weighted by atomic mass is 16.5. The molecular formula is C15H20N2O2. The molecule has 2 bridgehead atoms. The summed E-state index contributed by atoms with van der Waals surface area (Å²) in [6, 6.07) is 5.95. The van der Waals surface area contributed by atoms with Gasteiger partial charge in [-0.3, -0.25) is 4.79 Å². The molecule has 102 valence electrons. The average molecular weight is 260 g/mol. The molecule has 0 radical (unpaired) electrons. The maximum Gasteiger partial charge on any atom is 0.256 e. The maximum absolute atomic E-state index is 12.7. The monoisotopic (exact) mass is 260 g/mol.